The maximum Gasteiger partial charge on any atom is 0.307 e. The molecule has 1 atom stereocenters. The van der Waals surface area contributed by atoms with Gasteiger partial charge in [-0.15, -0.1) is 0 Å². The van der Waals surface area contributed by atoms with E-state index in [1.807, 2.05) is 42.5 Å². The van der Waals surface area contributed by atoms with Crippen LogP contribution in [0, 0.1) is 11.7 Å². The molecule has 160 valence electrons. The van der Waals surface area contributed by atoms with E-state index in [-0.39, 0.29) is 5.82 Å². The highest BCUT2D eigenvalue weighted by Gasteiger charge is 2.22. The topological polar surface area (TPSA) is 62.7 Å². The van der Waals surface area contributed by atoms with E-state index in [2.05, 4.69) is 4.90 Å². The predicted molar refractivity (Wildman–Crippen MR) is 116 cm³/mol. The minimum Gasteiger partial charge on any atom is -0.489 e. The van der Waals surface area contributed by atoms with Gasteiger partial charge in [0, 0.05) is 43.4 Å². The van der Waals surface area contributed by atoms with Crippen molar-refractivity contribution in [1.29, 1.82) is 0 Å². The average Bonchev–Trinajstić information content (AvgIpc) is 2.78. The highest BCUT2D eigenvalue weighted by molar-refractivity contribution is 5.69. The largest absolute Gasteiger partial charge is 0.489 e. The van der Waals surface area contributed by atoms with Gasteiger partial charge in [-0.3, -0.25) is 14.7 Å². The second-order valence-electron chi connectivity index (χ2n) is 7.94. The quantitative estimate of drug-likeness (QED) is 0.608. The molecule has 1 aromatic heterocycles. The summed E-state index contributed by atoms with van der Waals surface area (Å²) in [7, 11) is 0. The first kappa shape index (κ1) is 21.0. The first-order chi connectivity index (χ1) is 15.0. The summed E-state index contributed by atoms with van der Waals surface area (Å²) in [5.74, 6) is -1.09. The number of nitrogens with zero attached hydrogens (tertiary/aromatic N) is 2. The number of fused-ring (bicyclic) bond motifs is 1. The van der Waals surface area contributed by atoms with Crippen LogP contribution in [0.1, 0.15) is 23.7 Å². The van der Waals surface area contributed by atoms with Gasteiger partial charge >= 0.3 is 5.97 Å². The molecule has 1 N–H and O–H groups in total. The third-order valence-electron chi connectivity index (χ3n) is 5.55. The molecule has 0 aliphatic carbocycles. The summed E-state index contributed by atoms with van der Waals surface area (Å²) in [6, 6.07) is 18.4. The van der Waals surface area contributed by atoms with E-state index in [1.54, 1.807) is 19.1 Å². The molecule has 31 heavy (non-hydrogen) atoms. The molecule has 5 nitrogen and oxygen atoms in total. The molecule has 0 amide bonds. The van der Waals surface area contributed by atoms with Gasteiger partial charge in [-0.1, -0.05) is 43.3 Å². The molecule has 1 unspecified atom stereocenters. The second kappa shape index (κ2) is 9.27. The number of halogens is 1. The van der Waals surface area contributed by atoms with Crippen molar-refractivity contribution in [3.8, 4) is 17.0 Å². The molecule has 2 aromatic carbocycles. The molecule has 0 fully saturated rings. The summed E-state index contributed by atoms with van der Waals surface area (Å²) in [6.07, 6.45) is 0.718. The van der Waals surface area contributed by atoms with E-state index in [0.717, 1.165) is 29.8 Å². The van der Waals surface area contributed by atoms with Crippen molar-refractivity contribution < 1.29 is 19.0 Å². The van der Waals surface area contributed by atoms with E-state index in [1.165, 1.54) is 6.07 Å². The van der Waals surface area contributed by atoms with Crippen LogP contribution >= 0.6 is 0 Å². The SMILES string of the molecule is CC(CN1CCc2nc(-c3ccc(OCc4ccccc4)cc3F)ccc2C1)C(=O)O. The van der Waals surface area contributed by atoms with Crippen molar-refractivity contribution in [3.63, 3.8) is 0 Å². The monoisotopic (exact) mass is 420 g/mol. The Morgan fingerprint density at radius 2 is 2.00 bits per heavy atom. The number of rotatable bonds is 7. The molecular formula is C25H25FN2O3. The molecule has 0 bridgehead atoms. The van der Waals surface area contributed by atoms with Crippen molar-refractivity contribution in [2.75, 3.05) is 13.1 Å². The van der Waals surface area contributed by atoms with Gasteiger partial charge in [-0.25, -0.2) is 4.39 Å². The Bertz CT molecular complexity index is 1070. The lowest BCUT2D eigenvalue weighted by Gasteiger charge is -2.29. The van der Waals surface area contributed by atoms with Crippen LogP contribution in [0.25, 0.3) is 11.3 Å². The Morgan fingerprint density at radius 1 is 1.19 bits per heavy atom. The highest BCUT2D eigenvalue weighted by Crippen LogP contribution is 2.28. The van der Waals surface area contributed by atoms with Gasteiger partial charge in [0.25, 0.3) is 0 Å². The predicted octanol–water partition coefficient (Wildman–Crippen LogP) is 4.55. The first-order valence-electron chi connectivity index (χ1n) is 10.4. The van der Waals surface area contributed by atoms with Gasteiger partial charge in [0.1, 0.15) is 18.2 Å². The van der Waals surface area contributed by atoms with Crippen LogP contribution in [-0.4, -0.2) is 34.0 Å². The molecule has 0 radical (unpaired) electrons. The number of aromatic nitrogens is 1. The number of benzene rings is 2. The normalized spacial score (nSPS) is 14.6. The van der Waals surface area contributed by atoms with Gasteiger partial charge in [0.2, 0.25) is 0 Å². The number of carbonyl (C=O) groups is 1. The maximum absolute atomic E-state index is 14.8. The third kappa shape index (κ3) is 5.09. The molecule has 1 aliphatic heterocycles. The van der Waals surface area contributed by atoms with Gasteiger partial charge in [-0.2, -0.15) is 0 Å². The second-order valence-corrected chi connectivity index (χ2v) is 7.94. The number of carboxylic acids is 1. The lowest BCUT2D eigenvalue weighted by Crippen LogP contribution is -2.36. The number of hydrogen-bond acceptors (Lipinski definition) is 4. The van der Waals surface area contributed by atoms with Crippen molar-refractivity contribution >= 4 is 5.97 Å². The number of carboxylic acid groups (broad SMARTS) is 1. The zero-order chi connectivity index (χ0) is 21.8. The van der Waals surface area contributed by atoms with Crippen LogP contribution < -0.4 is 4.74 Å². The summed E-state index contributed by atoms with van der Waals surface area (Å²) < 4.78 is 20.5. The van der Waals surface area contributed by atoms with Gasteiger partial charge in [0.15, 0.2) is 0 Å². The summed E-state index contributed by atoms with van der Waals surface area (Å²) in [6.45, 7) is 4.02. The van der Waals surface area contributed by atoms with Crippen LogP contribution in [0.3, 0.4) is 0 Å². The fourth-order valence-electron chi connectivity index (χ4n) is 3.78. The fourth-order valence-corrected chi connectivity index (χ4v) is 3.78. The Morgan fingerprint density at radius 3 is 2.74 bits per heavy atom. The van der Waals surface area contributed by atoms with Crippen LogP contribution in [0.2, 0.25) is 0 Å². The van der Waals surface area contributed by atoms with Gasteiger partial charge < -0.3 is 9.84 Å². The molecule has 1 aliphatic rings. The van der Waals surface area contributed by atoms with Gasteiger partial charge in [-0.05, 0) is 29.3 Å². The number of ether oxygens (including phenoxy) is 1. The smallest absolute Gasteiger partial charge is 0.307 e. The minimum atomic E-state index is -0.786. The van der Waals surface area contributed by atoms with E-state index >= 15 is 0 Å². The van der Waals surface area contributed by atoms with Crippen molar-refractivity contribution in [2.24, 2.45) is 5.92 Å². The van der Waals surface area contributed by atoms with Crippen LogP contribution in [-0.2, 0) is 24.4 Å². The molecule has 4 rings (SSSR count). The van der Waals surface area contributed by atoms with Crippen molar-refractivity contribution in [2.45, 2.75) is 26.5 Å². The Kier molecular flexibility index (Phi) is 6.28. The molecule has 0 saturated heterocycles. The fraction of sp³-hybridized carbons (Fsp3) is 0.280. The molecular weight excluding hydrogens is 395 g/mol. The lowest BCUT2D eigenvalue weighted by atomic mass is 10.0. The summed E-state index contributed by atoms with van der Waals surface area (Å²) in [4.78, 5) is 17.9. The summed E-state index contributed by atoms with van der Waals surface area (Å²) in [5.41, 5.74) is 4.07. The van der Waals surface area contributed by atoms with Crippen molar-refractivity contribution in [3.05, 3.63) is 83.3 Å². The maximum atomic E-state index is 14.8. The van der Waals surface area contributed by atoms with Gasteiger partial charge in [0.05, 0.1) is 11.6 Å². The Hall–Kier alpha value is -3.25. The molecule has 2 heterocycles. The van der Waals surface area contributed by atoms with Crippen LogP contribution in [0.4, 0.5) is 4.39 Å². The van der Waals surface area contributed by atoms with E-state index in [9.17, 15) is 9.18 Å². The Balaban J connectivity index is 1.45. The van der Waals surface area contributed by atoms with E-state index < -0.39 is 11.9 Å². The zero-order valence-electron chi connectivity index (χ0n) is 17.4. The first-order valence-corrected chi connectivity index (χ1v) is 10.4. The van der Waals surface area contributed by atoms with Crippen LogP contribution in [0.5, 0.6) is 5.75 Å². The standard InChI is InChI=1S/C25H25FN2O3/c1-17(25(29)30)14-28-12-11-23-19(15-28)7-10-24(27-23)21-9-8-20(13-22(21)26)31-16-18-5-3-2-4-6-18/h2-10,13,17H,11-12,14-16H2,1H3,(H,29,30). The number of hydrogen-bond donors (Lipinski definition) is 1. The zero-order valence-corrected chi connectivity index (χ0v) is 17.4. The number of aliphatic carboxylic acids is 1. The molecule has 0 saturated carbocycles. The van der Waals surface area contributed by atoms with Crippen molar-refractivity contribution in [1.82, 2.24) is 9.88 Å². The lowest BCUT2D eigenvalue weighted by molar-refractivity contribution is -0.141. The minimum absolute atomic E-state index is 0.370. The number of pyridine rings is 1. The van der Waals surface area contributed by atoms with Crippen LogP contribution in [0.15, 0.2) is 60.7 Å². The third-order valence-corrected chi connectivity index (χ3v) is 5.55. The molecule has 3 aromatic rings. The summed E-state index contributed by atoms with van der Waals surface area (Å²) >= 11 is 0. The summed E-state index contributed by atoms with van der Waals surface area (Å²) in [5, 5.41) is 9.12. The Labute approximate surface area is 181 Å². The highest BCUT2D eigenvalue weighted by atomic mass is 19.1. The molecule has 0 spiro atoms. The molecule has 6 heteroatoms. The average molecular weight is 420 g/mol. The van der Waals surface area contributed by atoms with E-state index in [4.69, 9.17) is 14.8 Å². The van der Waals surface area contributed by atoms with E-state index in [0.29, 0.717) is 36.7 Å².